The third kappa shape index (κ3) is 2.63. The maximum atomic E-state index is 12.5. The second kappa shape index (κ2) is 5.41. The molecule has 23 heavy (non-hydrogen) atoms. The summed E-state index contributed by atoms with van der Waals surface area (Å²) >= 11 is 0. The third-order valence-corrected chi connectivity index (χ3v) is 7.56. The molecular formula is C16H24N4O2S. The largest absolute Gasteiger partial charge is 0.341 e. The van der Waals surface area contributed by atoms with E-state index in [-0.39, 0.29) is 16.9 Å². The van der Waals surface area contributed by atoms with Gasteiger partial charge in [-0.05, 0) is 25.8 Å². The van der Waals surface area contributed by atoms with Crippen molar-refractivity contribution in [1.82, 2.24) is 14.9 Å². The fraction of sp³-hybridized carbons (Fsp3) is 0.750. The van der Waals surface area contributed by atoms with Gasteiger partial charge < -0.3 is 9.80 Å². The van der Waals surface area contributed by atoms with Gasteiger partial charge in [0.1, 0.15) is 0 Å². The summed E-state index contributed by atoms with van der Waals surface area (Å²) in [6.45, 7) is 5.63. The number of nitrogens with zero attached hydrogens (tertiary/aromatic N) is 4. The van der Waals surface area contributed by atoms with Gasteiger partial charge in [-0.2, -0.15) is 0 Å². The second-order valence-electron chi connectivity index (χ2n) is 7.45. The molecule has 0 radical (unpaired) electrons. The summed E-state index contributed by atoms with van der Waals surface area (Å²) in [6, 6.07) is 0. The summed E-state index contributed by atoms with van der Waals surface area (Å²) in [5.74, 6) is 1.53. The van der Waals surface area contributed by atoms with E-state index in [0.717, 1.165) is 36.8 Å². The third-order valence-electron chi connectivity index (χ3n) is 5.44. The van der Waals surface area contributed by atoms with Crippen LogP contribution in [0.1, 0.15) is 36.9 Å². The van der Waals surface area contributed by atoms with Crippen LogP contribution in [0.3, 0.4) is 0 Å². The van der Waals surface area contributed by atoms with E-state index in [9.17, 15) is 8.42 Å². The van der Waals surface area contributed by atoms with E-state index in [0.29, 0.717) is 12.5 Å². The minimum absolute atomic E-state index is 0.00212. The highest BCUT2D eigenvalue weighted by Crippen LogP contribution is 2.39. The van der Waals surface area contributed by atoms with E-state index in [1.165, 1.54) is 12.8 Å². The van der Waals surface area contributed by atoms with E-state index in [1.54, 1.807) is 6.20 Å². The van der Waals surface area contributed by atoms with Crippen LogP contribution in [-0.4, -0.2) is 61.8 Å². The Bertz CT molecular complexity index is 721. The average Bonchev–Trinajstić information content (AvgIpc) is 2.90. The van der Waals surface area contributed by atoms with Gasteiger partial charge in [0, 0.05) is 43.9 Å². The zero-order valence-corrected chi connectivity index (χ0v) is 14.6. The predicted octanol–water partition coefficient (Wildman–Crippen LogP) is 1.04. The average molecular weight is 336 g/mol. The SMILES string of the molecule is C[C@@H]1CCCN(c2ncc3c(n2)[C@H]2CN(C)C[C@H]2S(=O)(=O)C3)C1. The monoisotopic (exact) mass is 336 g/mol. The van der Waals surface area contributed by atoms with Crippen molar-refractivity contribution in [2.75, 3.05) is 38.1 Å². The summed E-state index contributed by atoms with van der Waals surface area (Å²) in [5.41, 5.74) is 1.77. The molecule has 2 fully saturated rings. The molecule has 0 aliphatic carbocycles. The van der Waals surface area contributed by atoms with Crippen LogP contribution < -0.4 is 4.90 Å². The molecule has 0 aromatic carbocycles. The first-order valence-electron chi connectivity index (χ1n) is 8.45. The molecule has 4 heterocycles. The molecule has 4 rings (SSSR count). The van der Waals surface area contributed by atoms with E-state index in [1.807, 2.05) is 7.05 Å². The maximum absolute atomic E-state index is 12.5. The highest BCUT2D eigenvalue weighted by atomic mass is 32.2. The molecule has 7 heteroatoms. The van der Waals surface area contributed by atoms with Gasteiger partial charge in [-0.3, -0.25) is 0 Å². The van der Waals surface area contributed by atoms with E-state index in [2.05, 4.69) is 21.7 Å². The number of aromatic nitrogens is 2. The zero-order valence-electron chi connectivity index (χ0n) is 13.8. The van der Waals surface area contributed by atoms with Crippen molar-refractivity contribution in [2.24, 2.45) is 5.92 Å². The van der Waals surface area contributed by atoms with Gasteiger partial charge in [-0.15, -0.1) is 0 Å². The van der Waals surface area contributed by atoms with Crippen molar-refractivity contribution >= 4 is 15.8 Å². The van der Waals surface area contributed by atoms with Crippen molar-refractivity contribution in [3.8, 4) is 0 Å². The van der Waals surface area contributed by atoms with Gasteiger partial charge in [-0.1, -0.05) is 6.92 Å². The first kappa shape index (κ1) is 15.3. The highest BCUT2D eigenvalue weighted by Gasteiger charge is 2.46. The van der Waals surface area contributed by atoms with Gasteiger partial charge in [0.2, 0.25) is 5.95 Å². The van der Waals surface area contributed by atoms with Crippen molar-refractivity contribution in [3.63, 3.8) is 0 Å². The molecule has 0 saturated carbocycles. The number of fused-ring (bicyclic) bond motifs is 3. The maximum Gasteiger partial charge on any atom is 0.225 e. The van der Waals surface area contributed by atoms with Crippen LogP contribution in [0.25, 0.3) is 0 Å². The minimum atomic E-state index is -3.09. The Balaban J connectivity index is 1.71. The number of rotatable bonds is 1. The highest BCUT2D eigenvalue weighted by molar-refractivity contribution is 7.91. The molecule has 3 aliphatic heterocycles. The molecule has 0 amide bonds. The van der Waals surface area contributed by atoms with Gasteiger partial charge in [-0.25, -0.2) is 18.4 Å². The lowest BCUT2D eigenvalue weighted by atomic mass is 9.99. The summed E-state index contributed by atoms with van der Waals surface area (Å²) in [6.07, 6.45) is 4.18. The molecule has 2 saturated heterocycles. The van der Waals surface area contributed by atoms with Crippen LogP contribution in [0.4, 0.5) is 5.95 Å². The standard InChI is InChI=1S/C16H24N4O2S/c1-11-4-3-5-20(7-11)16-17-6-12-10-23(21,22)14-9-19(2)8-13(14)15(12)18-16/h6,11,13-14H,3-5,7-10H2,1-2H3/t11-,13+,14-/m1/s1. The van der Waals surface area contributed by atoms with Crippen LogP contribution in [0.5, 0.6) is 0 Å². The molecule has 1 aromatic heterocycles. The lowest BCUT2D eigenvalue weighted by Gasteiger charge is -2.32. The van der Waals surface area contributed by atoms with Gasteiger partial charge in [0.25, 0.3) is 0 Å². The van der Waals surface area contributed by atoms with Crippen LogP contribution >= 0.6 is 0 Å². The topological polar surface area (TPSA) is 66.4 Å². The van der Waals surface area contributed by atoms with E-state index in [4.69, 9.17) is 4.98 Å². The number of piperidine rings is 1. The summed E-state index contributed by atoms with van der Waals surface area (Å²) in [5, 5.41) is -0.303. The van der Waals surface area contributed by atoms with Crippen LogP contribution in [-0.2, 0) is 15.6 Å². The zero-order chi connectivity index (χ0) is 16.2. The Morgan fingerprint density at radius 2 is 2.09 bits per heavy atom. The van der Waals surface area contributed by atoms with Crippen LogP contribution in [0.2, 0.25) is 0 Å². The Morgan fingerprint density at radius 3 is 2.87 bits per heavy atom. The molecule has 3 atom stereocenters. The number of anilines is 1. The molecule has 126 valence electrons. The normalized spacial score (nSPS) is 33.3. The first-order chi connectivity index (χ1) is 10.9. The minimum Gasteiger partial charge on any atom is -0.341 e. The lowest BCUT2D eigenvalue weighted by molar-refractivity contribution is 0.410. The first-order valence-corrected chi connectivity index (χ1v) is 10.2. The number of hydrogen-bond acceptors (Lipinski definition) is 6. The molecule has 6 nitrogen and oxygen atoms in total. The molecular weight excluding hydrogens is 312 g/mol. The fourth-order valence-corrected chi connectivity index (χ4v) is 6.35. The molecule has 0 bridgehead atoms. The van der Waals surface area contributed by atoms with Crippen LogP contribution in [0.15, 0.2) is 6.20 Å². The Labute approximate surface area is 137 Å². The lowest BCUT2D eigenvalue weighted by Crippen LogP contribution is -2.38. The molecule has 1 aromatic rings. The summed E-state index contributed by atoms with van der Waals surface area (Å²) in [4.78, 5) is 13.7. The number of sulfone groups is 1. The predicted molar refractivity (Wildman–Crippen MR) is 89.3 cm³/mol. The Kier molecular flexibility index (Phi) is 3.61. The second-order valence-corrected chi connectivity index (χ2v) is 9.67. The van der Waals surface area contributed by atoms with Gasteiger partial charge in [0.15, 0.2) is 9.84 Å². The van der Waals surface area contributed by atoms with Crippen LogP contribution in [0, 0.1) is 5.92 Å². The quantitative estimate of drug-likeness (QED) is 0.763. The molecule has 0 N–H and O–H groups in total. The number of likely N-dealkylation sites (N-methyl/N-ethyl adjacent to an activating group) is 1. The summed E-state index contributed by atoms with van der Waals surface area (Å²) in [7, 11) is -1.10. The van der Waals surface area contributed by atoms with E-state index < -0.39 is 9.84 Å². The summed E-state index contributed by atoms with van der Waals surface area (Å²) < 4.78 is 25.0. The Hall–Kier alpha value is -1.21. The molecule has 0 spiro atoms. The smallest absolute Gasteiger partial charge is 0.225 e. The molecule has 3 aliphatic rings. The number of likely N-dealkylation sites (tertiary alicyclic amines) is 1. The van der Waals surface area contributed by atoms with Crippen molar-refractivity contribution in [1.29, 1.82) is 0 Å². The van der Waals surface area contributed by atoms with Gasteiger partial charge in [0.05, 0.1) is 16.7 Å². The number of hydrogen-bond donors (Lipinski definition) is 0. The Morgan fingerprint density at radius 1 is 1.26 bits per heavy atom. The van der Waals surface area contributed by atoms with Crippen molar-refractivity contribution < 1.29 is 8.42 Å². The molecule has 0 unspecified atom stereocenters. The van der Waals surface area contributed by atoms with Gasteiger partial charge >= 0.3 is 0 Å². The van der Waals surface area contributed by atoms with Crippen molar-refractivity contribution in [2.45, 2.75) is 36.7 Å². The van der Waals surface area contributed by atoms with E-state index >= 15 is 0 Å². The van der Waals surface area contributed by atoms with Crippen molar-refractivity contribution in [3.05, 3.63) is 17.5 Å². The fourth-order valence-electron chi connectivity index (χ4n) is 4.28.